The molecule has 5 nitrogen and oxygen atoms in total. The van der Waals surface area contributed by atoms with Gasteiger partial charge in [0.15, 0.2) is 0 Å². The zero-order valence-electron chi connectivity index (χ0n) is 13.6. The van der Waals surface area contributed by atoms with Crippen LogP contribution in [0.4, 0.5) is 32.2 Å². The van der Waals surface area contributed by atoms with Gasteiger partial charge in [0.25, 0.3) is 5.78 Å². The number of carbonyl (C=O) groups is 2. The molecular formula is C16H10ClF6N2O3+. The van der Waals surface area contributed by atoms with Crippen LogP contribution in [0.25, 0.3) is 0 Å². The van der Waals surface area contributed by atoms with Crippen LogP contribution in [0, 0.1) is 0 Å². The van der Waals surface area contributed by atoms with Crippen molar-refractivity contribution in [1.82, 2.24) is 0 Å². The summed E-state index contributed by atoms with van der Waals surface area (Å²) in [6, 6.07) is 7.87. The predicted molar refractivity (Wildman–Crippen MR) is 83.4 cm³/mol. The zero-order valence-corrected chi connectivity index (χ0v) is 14.3. The van der Waals surface area contributed by atoms with E-state index >= 15 is 0 Å². The van der Waals surface area contributed by atoms with Crippen LogP contribution in [0.2, 0.25) is 5.02 Å². The normalized spacial score (nSPS) is 11.8. The van der Waals surface area contributed by atoms with E-state index in [0.717, 1.165) is 12.1 Å². The number of Topliss-reactive ketones (excluding diaryl/α,β-unsaturated/α-hetero) is 1. The van der Waals surface area contributed by atoms with Crippen molar-refractivity contribution in [2.24, 2.45) is 0 Å². The summed E-state index contributed by atoms with van der Waals surface area (Å²) in [4.78, 5) is 26.4. The topological polar surface area (TPSA) is 59.3 Å². The number of aromatic nitrogens is 1. The second kappa shape index (κ2) is 8.05. The Kier molecular flexibility index (Phi) is 6.17. The van der Waals surface area contributed by atoms with Gasteiger partial charge in [-0.3, -0.25) is 10.1 Å². The Morgan fingerprint density at radius 2 is 1.57 bits per heavy atom. The van der Waals surface area contributed by atoms with Crippen molar-refractivity contribution in [3.05, 3.63) is 58.7 Å². The fourth-order valence-corrected chi connectivity index (χ4v) is 2.05. The lowest BCUT2D eigenvalue weighted by molar-refractivity contribution is -0.859. The van der Waals surface area contributed by atoms with E-state index < -0.39 is 29.7 Å². The van der Waals surface area contributed by atoms with Crippen LogP contribution in [-0.4, -0.2) is 24.1 Å². The fourth-order valence-electron chi connectivity index (χ4n) is 1.93. The van der Waals surface area contributed by atoms with Crippen molar-refractivity contribution in [2.75, 3.05) is 5.32 Å². The number of pyridine rings is 1. The molecule has 1 N–H and O–H groups in total. The van der Waals surface area contributed by atoms with Crippen LogP contribution in [0.3, 0.4) is 0 Å². The summed E-state index contributed by atoms with van der Waals surface area (Å²) in [5.41, 5.74) is -0.395. The maximum Gasteiger partial charge on any atom is 0.495 e. The third-order valence-electron chi connectivity index (χ3n) is 3.23. The van der Waals surface area contributed by atoms with Crippen LogP contribution >= 0.6 is 11.6 Å². The first-order chi connectivity index (χ1) is 12.9. The first-order valence-corrected chi connectivity index (χ1v) is 7.71. The summed E-state index contributed by atoms with van der Waals surface area (Å²) in [5, 5.41) is 3.03. The molecule has 0 aliphatic carbocycles. The van der Waals surface area contributed by atoms with E-state index in [1.807, 2.05) is 0 Å². The number of alkyl halides is 6. The molecule has 1 aromatic carbocycles. The van der Waals surface area contributed by atoms with Crippen LogP contribution in [0.1, 0.15) is 15.9 Å². The second-order valence-electron chi connectivity index (χ2n) is 5.31. The number of nitrogens with one attached hydrogen (secondary N) is 1. The summed E-state index contributed by atoms with van der Waals surface area (Å²) < 4.78 is 75.1. The van der Waals surface area contributed by atoms with E-state index in [2.05, 4.69) is 10.2 Å². The molecule has 0 saturated carbocycles. The van der Waals surface area contributed by atoms with E-state index in [1.54, 1.807) is 24.3 Å². The van der Waals surface area contributed by atoms with Gasteiger partial charge >= 0.3 is 24.1 Å². The van der Waals surface area contributed by atoms with E-state index in [4.69, 9.17) is 11.6 Å². The first kappa shape index (κ1) is 21.5. The number of benzene rings is 1. The molecule has 0 aliphatic heterocycles. The van der Waals surface area contributed by atoms with Gasteiger partial charge in [0, 0.05) is 11.1 Å². The molecule has 0 saturated heterocycles. The highest BCUT2D eigenvalue weighted by Crippen LogP contribution is 2.21. The molecule has 0 bridgehead atoms. The highest BCUT2D eigenvalue weighted by molar-refractivity contribution is 6.30. The number of hydrogen-bond acceptors (Lipinski definition) is 4. The lowest BCUT2D eigenvalue weighted by atomic mass is 10.2. The standard InChI is InChI=1S/C16H9ClF6N2O3/c17-11-4-1-9(2-5-11)7-24-12-6-3-10(13(26)15(18,19)20)8-25(12)28-14(27)16(21,22)23/h1-6,8H,7H2/p+1. The van der Waals surface area contributed by atoms with Crippen LogP contribution in [0.5, 0.6) is 0 Å². The van der Waals surface area contributed by atoms with Crippen LogP contribution in [-0.2, 0) is 11.3 Å². The Morgan fingerprint density at radius 1 is 0.964 bits per heavy atom. The lowest BCUT2D eigenvalue weighted by Crippen LogP contribution is -2.52. The van der Waals surface area contributed by atoms with E-state index in [1.165, 1.54) is 0 Å². The second-order valence-corrected chi connectivity index (χ2v) is 5.75. The molecule has 1 heterocycles. The summed E-state index contributed by atoms with van der Waals surface area (Å²) in [6.07, 6.45) is -10.3. The minimum atomic E-state index is -5.40. The van der Waals surface area contributed by atoms with Gasteiger partial charge in [-0.15, -0.1) is 0 Å². The molecule has 0 aliphatic rings. The minimum Gasteiger partial charge on any atom is -0.284 e. The zero-order chi connectivity index (χ0) is 21.1. The Balaban J connectivity index is 2.32. The third kappa shape index (κ3) is 5.59. The quantitative estimate of drug-likeness (QED) is 0.451. The average Bonchev–Trinajstić information content (AvgIpc) is 2.59. The number of nitrogens with zero attached hydrogens (tertiary/aromatic N) is 1. The number of anilines is 1. The predicted octanol–water partition coefficient (Wildman–Crippen LogP) is 3.50. The largest absolute Gasteiger partial charge is 0.495 e. The smallest absolute Gasteiger partial charge is 0.284 e. The molecule has 0 fully saturated rings. The maximum absolute atomic E-state index is 12.5. The van der Waals surface area contributed by atoms with Gasteiger partial charge in [-0.05, 0) is 28.5 Å². The third-order valence-corrected chi connectivity index (χ3v) is 3.49. The number of hydrogen-bond donors (Lipinski definition) is 1. The van der Waals surface area contributed by atoms with E-state index in [0.29, 0.717) is 16.8 Å². The van der Waals surface area contributed by atoms with Gasteiger partial charge in [-0.25, -0.2) is 9.63 Å². The maximum atomic E-state index is 12.5. The van der Waals surface area contributed by atoms with E-state index in [-0.39, 0.29) is 17.1 Å². The summed E-state index contributed by atoms with van der Waals surface area (Å²) >= 11 is 5.73. The molecule has 2 aromatic rings. The highest BCUT2D eigenvalue weighted by Gasteiger charge is 2.44. The summed E-state index contributed by atoms with van der Waals surface area (Å²) in [6.45, 7) is 0.00724. The number of rotatable bonds is 5. The molecule has 0 unspecified atom stereocenters. The van der Waals surface area contributed by atoms with E-state index in [9.17, 15) is 35.9 Å². The molecule has 28 heavy (non-hydrogen) atoms. The summed E-state index contributed by atoms with van der Waals surface area (Å²) in [5.74, 6) is -5.29. The lowest BCUT2D eigenvalue weighted by Gasteiger charge is -2.10. The van der Waals surface area contributed by atoms with Crippen molar-refractivity contribution >= 4 is 29.2 Å². The first-order valence-electron chi connectivity index (χ1n) is 7.33. The van der Waals surface area contributed by atoms with Gasteiger partial charge in [0.05, 0.1) is 5.56 Å². The minimum absolute atomic E-state index is 0.00724. The number of halogens is 7. The van der Waals surface area contributed by atoms with Gasteiger partial charge in [0.2, 0.25) is 0 Å². The molecule has 2 rings (SSSR count). The number of ketones is 1. The molecule has 0 spiro atoms. The monoisotopic (exact) mass is 427 g/mol. The molecule has 0 radical (unpaired) electrons. The van der Waals surface area contributed by atoms with Crippen LogP contribution in [0.15, 0.2) is 42.6 Å². The average molecular weight is 428 g/mol. The van der Waals surface area contributed by atoms with Gasteiger partial charge < -0.3 is 0 Å². The van der Waals surface area contributed by atoms with Gasteiger partial charge in [-0.2, -0.15) is 26.3 Å². The molecule has 1 aromatic heterocycles. The molecular weight excluding hydrogens is 418 g/mol. The summed E-state index contributed by atoms with van der Waals surface area (Å²) in [7, 11) is 0. The highest BCUT2D eigenvalue weighted by atomic mass is 35.5. The Hall–Kier alpha value is -2.82. The van der Waals surface area contributed by atoms with Crippen LogP contribution < -0.4 is 14.9 Å². The van der Waals surface area contributed by atoms with Crippen molar-refractivity contribution in [2.45, 2.75) is 18.9 Å². The van der Waals surface area contributed by atoms with Crippen molar-refractivity contribution < 1.29 is 45.5 Å². The van der Waals surface area contributed by atoms with Crippen molar-refractivity contribution in [3.63, 3.8) is 0 Å². The molecule has 150 valence electrons. The Morgan fingerprint density at radius 3 is 2.11 bits per heavy atom. The SMILES string of the molecule is O=C(O[n+]1cc(C(=O)C(F)(F)F)ccc1NCc1ccc(Cl)cc1)C(F)(F)F. The molecule has 0 amide bonds. The molecule has 12 heteroatoms. The van der Waals surface area contributed by atoms with Crippen molar-refractivity contribution in [3.8, 4) is 0 Å². The molecule has 0 atom stereocenters. The van der Waals surface area contributed by atoms with Gasteiger partial charge in [0.1, 0.15) is 12.7 Å². The Labute approximate surface area is 158 Å². The Bertz CT molecular complexity index is 881. The van der Waals surface area contributed by atoms with Crippen molar-refractivity contribution in [1.29, 1.82) is 0 Å². The number of carbonyl (C=O) groups excluding carboxylic acids is 2. The fraction of sp³-hybridized carbons (Fsp3) is 0.188. The van der Waals surface area contributed by atoms with Gasteiger partial charge in [-0.1, -0.05) is 23.7 Å².